The molecule has 8 nitrogen and oxygen atoms in total. The third-order valence-electron chi connectivity index (χ3n) is 5.64. The molecule has 1 N–H and O–H groups in total. The van der Waals surface area contributed by atoms with Gasteiger partial charge in [-0.25, -0.2) is 0 Å². The maximum atomic E-state index is 13.0. The second-order valence-electron chi connectivity index (χ2n) is 7.82. The molecule has 2 amide bonds. The molecule has 1 saturated heterocycles. The van der Waals surface area contributed by atoms with Gasteiger partial charge in [0.2, 0.25) is 5.91 Å². The van der Waals surface area contributed by atoms with E-state index in [0.717, 1.165) is 37.6 Å². The Kier molecular flexibility index (Phi) is 5.53. The van der Waals surface area contributed by atoms with Gasteiger partial charge in [0, 0.05) is 50.9 Å². The lowest BCUT2D eigenvalue weighted by Crippen LogP contribution is -2.44. The average molecular weight is 396 g/mol. The Hall–Kier alpha value is -2.87. The number of hydrogen-bond acceptors (Lipinski definition) is 5. The van der Waals surface area contributed by atoms with Crippen LogP contribution in [0.15, 0.2) is 30.3 Å². The van der Waals surface area contributed by atoms with E-state index in [1.54, 1.807) is 0 Å². The van der Waals surface area contributed by atoms with Crippen LogP contribution >= 0.6 is 0 Å². The average Bonchev–Trinajstić information content (AvgIpc) is 3.14. The van der Waals surface area contributed by atoms with Crippen molar-refractivity contribution in [3.05, 3.63) is 47.3 Å². The molecule has 0 radical (unpaired) electrons. The van der Waals surface area contributed by atoms with E-state index in [1.165, 1.54) is 12.6 Å². The minimum absolute atomic E-state index is 0.0470. The van der Waals surface area contributed by atoms with Gasteiger partial charge in [-0.1, -0.05) is 0 Å². The van der Waals surface area contributed by atoms with Crippen molar-refractivity contribution < 1.29 is 9.59 Å². The zero-order valence-electron chi connectivity index (χ0n) is 17.1. The molecule has 0 aliphatic carbocycles. The number of anilines is 1. The highest BCUT2D eigenvalue weighted by atomic mass is 16.2. The number of benzene rings is 1. The number of aromatic nitrogens is 2. The summed E-state index contributed by atoms with van der Waals surface area (Å²) in [7, 11) is 2.15. The van der Waals surface area contributed by atoms with Gasteiger partial charge < -0.3 is 20.0 Å². The van der Waals surface area contributed by atoms with Gasteiger partial charge in [-0.05, 0) is 37.4 Å². The summed E-state index contributed by atoms with van der Waals surface area (Å²) in [5.74, 6) is -0.0291. The summed E-state index contributed by atoms with van der Waals surface area (Å²) in [4.78, 5) is 30.6. The number of amides is 2. The lowest BCUT2D eigenvalue weighted by molar-refractivity contribution is -0.119. The van der Waals surface area contributed by atoms with Gasteiger partial charge in [0.25, 0.3) is 5.91 Å². The zero-order valence-corrected chi connectivity index (χ0v) is 17.1. The van der Waals surface area contributed by atoms with Crippen LogP contribution in [0.2, 0.25) is 0 Å². The van der Waals surface area contributed by atoms with Crippen molar-refractivity contribution in [2.75, 3.05) is 44.7 Å². The molecule has 154 valence electrons. The molecule has 1 aromatic heterocycles. The number of piperazine rings is 1. The molecule has 8 heteroatoms. The summed E-state index contributed by atoms with van der Waals surface area (Å²) >= 11 is 0. The molecule has 4 rings (SSSR count). The summed E-state index contributed by atoms with van der Waals surface area (Å²) in [6, 6.07) is 9.94. The zero-order chi connectivity index (χ0) is 20.4. The van der Waals surface area contributed by atoms with E-state index >= 15 is 0 Å². The van der Waals surface area contributed by atoms with Gasteiger partial charge >= 0.3 is 0 Å². The molecule has 3 heterocycles. The lowest BCUT2D eigenvalue weighted by Gasteiger charge is -2.34. The topological polar surface area (TPSA) is 73.7 Å². The molecule has 0 saturated carbocycles. The van der Waals surface area contributed by atoms with Gasteiger partial charge in [0.1, 0.15) is 0 Å². The second-order valence-corrected chi connectivity index (χ2v) is 7.82. The summed E-state index contributed by atoms with van der Waals surface area (Å²) in [5, 5.41) is 7.28. The van der Waals surface area contributed by atoms with Crippen LogP contribution in [0.25, 0.3) is 0 Å². The second kappa shape index (κ2) is 8.24. The molecule has 1 fully saturated rings. The highest BCUT2D eigenvalue weighted by molar-refractivity contribution is 5.94. The number of carbonyl (C=O) groups is 2. The third kappa shape index (κ3) is 4.42. The number of likely N-dealkylation sites (N-methyl/N-ethyl adjacent to an activating group) is 1. The number of nitrogens with one attached hydrogen (secondary N) is 1. The molecule has 0 unspecified atom stereocenters. The van der Waals surface area contributed by atoms with Crippen molar-refractivity contribution >= 4 is 17.5 Å². The van der Waals surface area contributed by atoms with Crippen LogP contribution < -0.4 is 10.2 Å². The molecule has 0 bridgehead atoms. The number of rotatable bonds is 4. The Bertz CT molecular complexity index is 883. The summed E-state index contributed by atoms with van der Waals surface area (Å²) < 4.78 is 1.93. The molecule has 29 heavy (non-hydrogen) atoms. The predicted molar refractivity (Wildman–Crippen MR) is 111 cm³/mol. The quantitative estimate of drug-likeness (QED) is 0.832. The Morgan fingerprint density at radius 3 is 2.45 bits per heavy atom. The first kappa shape index (κ1) is 19.4. The molecule has 2 aliphatic heterocycles. The largest absolute Gasteiger partial charge is 0.369 e. The summed E-state index contributed by atoms with van der Waals surface area (Å²) in [6.45, 7) is 7.89. The first-order valence-electron chi connectivity index (χ1n) is 10.1. The van der Waals surface area contributed by atoms with Gasteiger partial charge in [0.15, 0.2) is 0 Å². The smallest absolute Gasteiger partial charge is 0.254 e. The Morgan fingerprint density at radius 2 is 1.76 bits per heavy atom. The summed E-state index contributed by atoms with van der Waals surface area (Å²) in [6.07, 6.45) is 0. The van der Waals surface area contributed by atoms with Crippen LogP contribution in [0.5, 0.6) is 0 Å². The van der Waals surface area contributed by atoms with Crippen molar-refractivity contribution in [2.45, 2.75) is 26.6 Å². The number of carbonyl (C=O) groups excluding carboxylic acids is 2. The van der Waals surface area contributed by atoms with Crippen LogP contribution in [0.3, 0.4) is 0 Å². The fourth-order valence-corrected chi connectivity index (χ4v) is 3.86. The first-order chi connectivity index (χ1) is 14.0. The predicted octanol–water partition coefficient (Wildman–Crippen LogP) is 0.927. The van der Waals surface area contributed by atoms with E-state index in [9.17, 15) is 9.59 Å². The third-order valence-corrected chi connectivity index (χ3v) is 5.64. The molecule has 2 aliphatic rings. The minimum atomic E-state index is -0.0761. The van der Waals surface area contributed by atoms with Gasteiger partial charge in [-0.15, -0.1) is 0 Å². The SMILES string of the molecule is CC(=O)NCc1cc2n(n1)CCN(C(=O)c1ccc(N3CCN(C)CC3)cc1)C2. The number of fused-ring (bicyclic) bond motifs is 1. The fraction of sp³-hybridized carbons (Fsp3) is 0.476. The molecule has 1 aromatic carbocycles. The molecule has 0 spiro atoms. The van der Waals surface area contributed by atoms with Crippen molar-refractivity contribution in [1.82, 2.24) is 24.9 Å². The first-order valence-corrected chi connectivity index (χ1v) is 10.1. The van der Waals surface area contributed by atoms with Crippen LogP contribution in [0, 0.1) is 0 Å². The van der Waals surface area contributed by atoms with Crippen LogP contribution in [0.4, 0.5) is 5.69 Å². The van der Waals surface area contributed by atoms with Gasteiger partial charge in [-0.3, -0.25) is 14.3 Å². The van der Waals surface area contributed by atoms with E-state index in [0.29, 0.717) is 31.7 Å². The Morgan fingerprint density at radius 1 is 1.03 bits per heavy atom. The van der Waals surface area contributed by atoms with Crippen molar-refractivity contribution in [1.29, 1.82) is 0 Å². The Labute approximate surface area is 171 Å². The molecular weight excluding hydrogens is 368 g/mol. The van der Waals surface area contributed by atoms with E-state index in [4.69, 9.17) is 0 Å². The molecule has 0 atom stereocenters. The monoisotopic (exact) mass is 396 g/mol. The Balaban J connectivity index is 1.39. The van der Waals surface area contributed by atoms with Crippen LogP contribution in [-0.4, -0.2) is 71.2 Å². The van der Waals surface area contributed by atoms with E-state index < -0.39 is 0 Å². The van der Waals surface area contributed by atoms with Gasteiger partial charge in [-0.2, -0.15) is 5.10 Å². The fourth-order valence-electron chi connectivity index (χ4n) is 3.86. The van der Waals surface area contributed by atoms with Crippen LogP contribution in [-0.2, 0) is 24.4 Å². The van der Waals surface area contributed by atoms with Crippen molar-refractivity contribution in [3.8, 4) is 0 Å². The van der Waals surface area contributed by atoms with Gasteiger partial charge in [0.05, 0.1) is 31.0 Å². The maximum Gasteiger partial charge on any atom is 0.254 e. The van der Waals surface area contributed by atoms with E-state index in [2.05, 4.69) is 39.4 Å². The highest BCUT2D eigenvalue weighted by Gasteiger charge is 2.23. The van der Waals surface area contributed by atoms with E-state index in [-0.39, 0.29) is 11.8 Å². The number of nitrogens with zero attached hydrogens (tertiary/aromatic N) is 5. The number of hydrogen-bond donors (Lipinski definition) is 1. The van der Waals surface area contributed by atoms with Crippen molar-refractivity contribution in [2.24, 2.45) is 0 Å². The highest BCUT2D eigenvalue weighted by Crippen LogP contribution is 2.20. The minimum Gasteiger partial charge on any atom is -0.369 e. The van der Waals surface area contributed by atoms with Crippen LogP contribution in [0.1, 0.15) is 28.7 Å². The maximum absolute atomic E-state index is 13.0. The normalized spacial score (nSPS) is 17.2. The standard InChI is InChI=1S/C21H28N6O2/c1-16(28)22-14-18-13-20-15-26(11-12-27(20)23-18)21(29)17-3-5-19(6-4-17)25-9-7-24(2)8-10-25/h3-6,13H,7-12,14-15H2,1-2H3,(H,22,28). The molecule has 2 aromatic rings. The lowest BCUT2D eigenvalue weighted by atomic mass is 10.1. The van der Waals surface area contributed by atoms with E-state index in [1.807, 2.05) is 27.8 Å². The summed E-state index contributed by atoms with van der Waals surface area (Å²) in [5.41, 5.74) is 3.71. The van der Waals surface area contributed by atoms with Crippen molar-refractivity contribution in [3.63, 3.8) is 0 Å². The molecular formula is C21H28N6O2.